The number of phenols is 1. The van der Waals surface area contributed by atoms with Crippen molar-refractivity contribution in [2.75, 3.05) is 0 Å². The van der Waals surface area contributed by atoms with Crippen molar-refractivity contribution in [2.45, 2.75) is 27.2 Å². The van der Waals surface area contributed by atoms with E-state index in [0.717, 1.165) is 22.3 Å². The fourth-order valence-electron chi connectivity index (χ4n) is 3.49. The number of phenolic OH excluding ortho intramolecular Hbond substituents is 1. The molecule has 1 heterocycles. The first-order chi connectivity index (χ1) is 13.4. The molecule has 0 saturated carbocycles. The van der Waals surface area contributed by atoms with Crippen molar-refractivity contribution in [2.24, 2.45) is 0 Å². The van der Waals surface area contributed by atoms with Gasteiger partial charge in [-0.2, -0.15) is 0 Å². The van der Waals surface area contributed by atoms with Gasteiger partial charge in [-0.3, -0.25) is 4.79 Å². The highest BCUT2D eigenvalue weighted by atomic mass is 16.3. The molecule has 1 N–H and O–H groups in total. The average molecular weight is 370 g/mol. The predicted octanol–water partition coefficient (Wildman–Crippen LogP) is 5.68. The van der Waals surface area contributed by atoms with Crippen LogP contribution in [-0.2, 0) is 6.42 Å². The molecule has 0 unspecified atom stereocenters. The molecule has 0 atom stereocenters. The first-order valence-corrected chi connectivity index (χ1v) is 9.34. The molecule has 4 aromatic rings. The summed E-state index contributed by atoms with van der Waals surface area (Å²) in [7, 11) is 0. The Morgan fingerprint density at radius 1 is 0.821 bits per heavy atom. The molecule has 1 aromatic heterocycles. The van der Waals surface area contributed by atoms with Crippen LogP contribution in [0.1, 0.15) is 27.8 Å². The number of hydrogen-bond donors (Lipinski definition) is 1. The van der Waals surface area contributed by atoms with E-state index in [4.69, 9.17) is 4.42 Å². The highest BCUT2D eigenvalue weighted by molar-refractivity contribution is 5.81. The van der Waals surface area contributed by atoms with E-state index in [1.807, 2.05) is 75.4 Å². The second-order valence-corrected chi connectivity index (χ2v) is 7.41. The van der Waals surface area contributed by atoms with E-state index < -0.39 is 0 Å². The van der Waals surface area contributed by atoms with Crippen LogP contribution in [0.3, 0.4) is 0 Å². The highest BCUT2D eigenvalue weighted by Gasteiger charge is 2.18. The zero-order valence-corrected chi connectivity index (χ0v) is 16.2. The van der Waals surface area contributed by atoms with E-state index >= 15 is 0 Å². The van der Waals surface area contributed by atoms with Gasteiger partial charge in [0, 0.05) is 17.5 Å². The second-order valence-electron chi connectivity index (χ2n) is 7.41. The van der Waals surface area contributed by atoms with Crippen LogP contribution >= 0.6 is 0 Å². The van der Waals surface area contributed by atoms with Crippen molar-refractivity contribution >= 4 is 11.0 Å². The summed E-state index contributed by atoms with van der Waals surface area (Å²) in [5.74, 6) is 0.742. The lowest BCUT2D eigenvalue weighted by Crippen LogP contribution is -2.12. The van der Waals surface area contributed by atoms with E-state index in [2.05, 4.69) is 0 Å². The molecule has 3 heteroatoms. The van der Waals surface area contributed by atoms with Crippen LogP contribution in [-0.4, -0.2) is 5.11 Å². The topological polar surface area (TPSA) is 50.4 Å². The smallest absolute Gasteiger partial charge is 0.196 e. The minimum absolute atomic E-state index is 0.0542. The quantitative estimate of drug-likeness (QED) is 0.505. The molecule has 0 bridgehead atoms. The molecule has 0 amide bonds. The van der Waals surface area contributed by atoms with Gasteiger partial charge >= 0.3 is 0 Å². The predicted molar refractivity (Wildman–Crippen MR) is 113 cm³/mol. The van der Waals surface area contributed by atoms with Crippen LogP contribution in [0.4, 0.5) is 0 Å². The van der Waals surface area contributed by atoms with E-state index in [9.17, 15) is 9.90 Å². The Bertz CT molecular complexity index is 1230. The fraction of sp³-hybridized carbons (Fsp3) is 0.160. The second kappa shape index (κ2) is 7.01. The van der Waals surface area contributed by atoms with Gasteiger partial charge in [-0.05, 0) is 44.5 Å². The van der Waals surface area contributed by atoms with Crippen LogP contribution in [0.2, 0.25) is 0 Å². The van der Waals surface area contributed by atoms with E-state index in [0.29, 0.717) is 34.3 Å². The summed E-state index contributed by atoms with van der Waals surface area (Å²) in [6.07, 6.45) is 0.308. The molecule has 0 aliphatic heterocycles. The molecule has 140 valence electrons. The maximum absolute atomic E-state index is 13.4. The summed E-state index contributed by atoms with van der Waals surface area (Å²) >= 11 is 0. The molecule has 0 fully saturated rings. The Hall–Kier alpha value is -3.33. The summed E-state index contributed by atoms with van der Waals surface area (Å²) < 4.78 is 6.22. The monoisotopic (exact) mass is 370 g/mol. The van der Waals surface area contributed by atoms with Gasteiger partial charge in [0.05, 0.1) is 5.39 Å². The third-order valence-electron chi connectivity index (χ3n) is 5.06. The van der Waals surface area contributed by atoms with Crippen LogP contribution in [0, 0.1) is 20.8 Å². The Balaban J connectivity index is 1.99. The lowest BCUT2D eigenvalue weighted by molar-refractivity contribution is 0.469. The van der Waals surface area contributed by atoms with Crippen LogP contribution in [0.5, 0.6) is 5.75 Å². The number of aromatic hydroxyl groups is 1. The molecule has 4 rings (SSSR count). The molecule has 0 radical (unpaired) electrons. The minimum atomic E-state index is -0.0542. The molecule has 3 nitrogen and oxygen atoms in total. The SMILES string of the molecule is Cc1ccc(-c2oc3ccc(C)cc3c(=O)c2Cc2cc(C)ccc2O)cc1. The summed E-state index contributed by atoms with van der Waals surface area (Å²) in [6.45, 7) is 5.95. The fourth-order valence-corrected chi connectivity index (χ4v) is 3.49. The minimum Gasteiger partial charge on any atom is -0.508 e. The third kappa shape index (κ3) is 3.31. The molecule has 0 aliphatic rings. The van der Waals surface area contributed by atoms with Crippen LogP contribution in [0.15, 0.2) is 69.9 Å². The Morgan fingerprint density at radius 3 is 2.21 bits per heavy atom. The van der Waals surface area contributed by atoms with Crippen molar-refractivity contribution in [3.8, 4) is 17.1 Å². The molecule has 0 saturated heterocycles. The average Bonchev–Trinajstić information content (AvgIpc) is 2.68. The van der Waals surface area contributed by atoms with Crippen molar-refractivity contribution in [3.63, 3.8) is 0 Å². The Morgan fingerprint density at radius 2 is 1.46 bits per heavy atom. The number of hydrogen-bond acceptors (Lipinski definition) is 3. The summed E-state index contributed by atoms with van der Waals surface area (Å²) in [6, 6.07) is 19.0. The first-order valence-electron chi connectivity index (χ1n) is 9.34. The molecular formula is C25H22O3. The lowest BCUT2D eigenvalue weighted by atomic mass is 9.96. The maximum atomic E-state index is 13.4. The summed E-state index contributed by atoms with van der Waals surface area (Å²) in [5.41, 5.74) is 5.82. The van der Waals surface area contributed by atoms with Gasteiger partial charge in [0.2, 0.25) is 0 Å². The van der Waals surface area contributed by atoms with Crippen molar-refractivity contribution in [1.82, 2.24) is 0 Å². The normalized spacial score (nSPS) is 11.1. The largest absolute Gasteiger partial charge is 0.508 e. The van der Waals surface area contributed by atoms with E-state index in [-0.39, 0.29) is 11.2 Å². The highest BCUT2D eigenvalue weighted by Crippen LogP contribution is 2.30. The van der Waals surface area contributed by atoms with E-state index in [1.54, 1.807) is 6.07 Å². The zero-order chi connectivity index (χ0) is 19.8. The van der Waals surface area contributed by atoms with Crippen molar-refractivity contribution in [3.05, 3.63) is 98.7 Å². The number of benzene rings is 3. The summed E-state index contributed by atoms with van der Waals surface area (Å²) in [5, 5.41) is 10.9. The first kappa shape index (κ1) is 18.1. The number of rotatable bonds is 3. The molecular weight excluding hydrogens is 348 g/mol. The molecule has 28 heavy (non-hydrogen) atoms. The van der Waals surface area contributed by atoms with Crippen molar-refractivity contribution < 1.29 is 9.52 Å². The third-order valence-corrected chi connectivity index (χ3v) is 5.06. The zero-order valence-electron chi connectivity index (χ0n) is 16.2. The molecule has 0 aliphatic carbocycles. The van der Waals surface area contributed by atoms with Crippen molar-refractivity contribution in [1.29, 1.82) is 0 Å². The van der Waals surface area contributed by atoms with E-state index in [1.165, 1.54) is 0 Å². The van der Waals surface area contributed by atoms with Gasteiger partial charge < -0.3 is 9.52 Å². The van der Waals surface area contributed by atoms with Gasteiger partial charge in [0.25, 0.3) is 0 Å². The standard InChI is InChI=1S/C25H22O3/c1-15-4-8-18(9-5-15)25-21(14-19-12-16(2)6-10-22(19)26)24(27)20-13-17(3)7-11-23(20)28-25/h4-13,26H,14H2,1-3H3. The van der Waals surface area contributed by atoms with Gasteiger partial charge in [-0.25, -0.2) is 0 Å². The van der Waals surface area contributed by atoms with Crippen LogP contribution in [0.25, 0.3) is 22.3 Å². The molecule has 0 spiro atoms. The maximum Gasteiger partial charge on any atom is 0.196 e. The van der Waals surface area contributed by atoms with Gasteiger partial charge in [0.1, 0.15) is 17.1 Å². The van der Waals surface area contributed by atoms with Gasteiger partial charge in [-0.1, -0.05) is 59.2 Å². The van der Waals surface area contributed by atoms with Crippen LogP contribution < -0.4 is 5.43 Å². The summed E-state index contributed by atoms with van der Waals surface area (Å²) in [4.78, 5) is 13.4. The van der Waals surface area contributed by atoms with Gasteiger partial charge in [-0.15, -0.1) is 0 Å². The molecule has 3 aromatic carbocycles. The number of fused-ring (bicyclic) bond motifs is 1. The Labute approximate surface area is 163 Å². The number of aryl methyl sites for hydroxylation is 3. The van der Waals surface area contributed by atoms with Gasteiger partial charge in [0.15, 0.2) is 5.43 Å². The Kier molecular flexibility index (Phi) is 4.52. The lowest BCUT2D eigenvalue weighted by Gasteiger charge is -2.12.